The highest BCUT2D eigenvalue weighted by atomic mass is 35.5. The van der Waals surface area contributed by atoms with Crippen molar-refractivity contribution in [2.75, 3.05) is 55.3 Å². The molecule has 8 heteroatoms. The standard InChI is InChI=1S/C22H26ClN3O3S/c1-2-25-11-13-26(14-12-25)19-7-5-18(6-8-19)24-21(27)15-29-22(28)16-30-20-9-3-17(23)4-10-20/h3-10H,2,11-16H2,1H3,(H,24,27). The minimum atomic E-state index is -0.438. The maximum Gasteiger partial charge on any atom is 0.316 e. The summed E-state index contributed by atoms with van der Waals surface area (Å²) in [5.41, 5.74) is 1.83. The fraction of sp³-hybridized carbons (Fsp3) is 0.364. The van der Waals surface area contributed by atoms with E-state index in [9.17, 15) is 9.59 Å². The van der Waals surface area contributed by atoms with Crippen molar-refractivity contribution in [2.45, 2.75) is 11.8 Å². The first-order chi connectivity index (χ1) is 14.5. The summed E-state index contributed by atoms with van der Waals surface area (Å²) in [5.74, 6) is -0.662. The molecule has 0 radical (unpaired) electrons. The Bertz CT molecular complexity index is 838. The highest BCUT2D eigenvalue weighted by Crippen LogP contribution is 2.21. The molecule has 0 atom stereocenters. The third-order valence-corrected chi connectivity index (χ3v) is 6.11. The molecule has 0 saturated carbocycles. The number of hydrogen-bond donors (Lipinski definition) is 1. The molecule has 30 heavy (non-hydrogen) atoms. The van der Waals surface area contributed by atoms with Crippen molar-refractivity contribution in [3.05, 3.63) is 53.6 Å². The first-order valence-electron chi connectivity index (χ1n) is 9.94. The molecular weight excluding hydrogens is 422 g/mol. The van der Waals surface area contributed by atoms with Gasteiger partial charge in [0.1, 0.15) is 0 Å². The van der Waals surface area contributed by atoms with Crippen LogP contribution in [0.5, 0.6) is 0 Å². The van der Waals surface area contributed by atoms with Gasteiger partial charge in [0.15, 0.2) is 6.61 Å². The quantitative estimate of drug-likeness (QED) is 0.491. The Morgan fingerprint density at radius 2 is 1.70 bits per heavy atom. The molecule has 1 fully saturated rings. The Balaban J connectivity index is 1.38. The number of ether oxygens (including phenoxy) is 1. The molecule has 3 rings (SSSR count). The number of esters is 1. The molecular formula is C22H26ClN3O3S. The summed E-state index contributed by atoms with van der Waals surface area (Å²) in [6, 6.07) is 15.0. The molecule has 1 N–H and O–H groups in total. The third kappa shape index (κ3) is 6.93. The summed E-state index contributed by atoms with van der Waals surface area (Å²) >= 11 is 7.17. The van der Waals surface area contributed by atoms with Crippen molar-refractivity contribution in [1.29, 1.82) is 0 Å². The van der Waals surface area contributed by atoms with Crippen LogP contribution in [0.25, 0.3) is 0 Å². The molecule has 1 saturated heterocycles. The number of hydrogen-bond acceptors (Lipinski definition) is 6. The van der Waals surface area contributed by atoms with Crippen molar-refractivity contribution in [3.8, 4) is 0 Å². The van der Waals surface area contributed by atoms with E-state index in [1.807, 2.05) is 36.4 Å². The molecule has 1 amide bonds. The molecule has 160 valence electrons. The van der Waals surface area contributed by atoms with Gasteiger partial charge < -0.3 is 19.9 Å². The minimum absolute atomic E-state index is 0.134. The molecule has 0 unspecified atom stereocenters. The number of carbonyl (C=O) groups is 2. The van der Waals surface area contributed by atoms with Crippen LogP contribution in [-0.4, -0.2) is 61.9 Å². The van der Waals surface area contributed by atoms with Crippen molar-refractivity contribution >= 4 is 46.6 Å². The average Bonchev–Trinajstić information content (AvgIpc) is 2.78. The molecule has 1 aliphatic rings. The van der Waals surface area contributed by atoms with Crippen LogP contribution in [0.1, 0.15) is 6.92 Å². The Labute approximate surface area is 186 Å². The lowest BCUT2D eigenvalue weighted by molar-refractivity contribution is -0.144. The van der Waals surface area contributed by atoms with E-state index in [4.69, 9.17) is 16.3 Å². The zero-order valence-electron chi connectivity index (χ0n) is 17.0. The van der Waals surface area contributed by atoms with Gasteiger partial charge in [-0.3, -0.25) is 9.59 Å². The number of carbonyl (C=O) groups excluding carboxylic acids is 2. The summed E-state index contributed by atoms with van der Waals surface area (Å²) in [6.07, 6.45) is 0. The largest absolute Gasteiger partial charge is 0.455 e. The number of nitrogens with zero attached hydrogens (tertiary/aromatic N) is 2. The van der Waals surface area contributed by atoms with Gasteiger partial charge in [0.2, 0.25) is 0 Å². The maximum absolute atomic E-state index is 12.1. The van der Waals surface area contributed by atoms with Crippen molar-refractivity contribution < 1.29 is 14.3 Å². The van der Waals surface area contributed by atoms with Crippen LogP contribution >= 0.6 is 23.4 Å². The number of nitrogens with one attached hydrogen (secondary N) is 1. The molecule has 2 aromatic carbocycles. The summed E-state index contributed by atoms with van der Waals surface area (Å²) in [4.78, 5) is 29.6. The number of rotatable bonds is 8. The molecule has 6 nitrogen and oxygen atoms in total. The first-order valence-corrected chi connectivity index (χ1v) is 11.3. The van der Waals surface area contributed by atoms with Gasteiger partial charge in [0.05, 0.1) is 5.75 Å². The fourth-order valence-corrected chi connectivity index (χ4v) is 3.96. The summed E-state index contributed by atoms with van der Waals surface area (Å²) in [7, 11) is 0. The number of anilines is 2. The Morgan fingerprint density at radius 3 is 2.33 bits per heavy atom. The maximum atomic E-state index is 12.1. The molecule has 0 aromatic heterocycles. The molecule has 0 aliphatic carbocycles. The van der Waals surface area contributed by atoms with Crippen LogP contribution in [-0.2, 0) is 14.3 Å². The SMILES string of the molecule is CCN1CCN(c2ccc(NC(=O)COC(=O)CSc3ccc(Cl)cc3)cc2)CC1. The first kappa shape index (κ1) is 22.5. The van der Waals surface area contributed by atoms with E-state index in [0.717, 1.165) is 43.3 Å². The highest BCUT2D eigenvalue weighted by molar-refractivity contribution is 8.00. The van der Waals surface area contributed by atoms with Crippen LogP contribution in [0.3, 0.4) is 0 Å². The Morgan fingerprint density at radius 1 is 1.03 bits per heavy atom. The van der Waals surface area contributed by atoms with E-state index in [0.29, 0.717) is 10.7 Å². The zero-order valence-corrected chi connectivity index (χ0v) is 18.5. The number of piperazine rings is 1. The molecule has 1 heterocycles. The molecule has 2 aromatic rings. The monoisotopic (exact) mass is 447 g/mol. The van der Waals surface area contributed by atoms with Gasteiger partial charge >= 0.3 is 5.97 Å². The van der Waals surface area contributed by atoms with Gasteiger partial charge in [-0.25, -0.2) is 0 Å². The van der Waals surface area contributed by atoms with Crippen molar-refractivity contribution in [1.82, 2.24) is 4.90 Å². The van der Waals surface area contributed by atoms with E-state index in [1.54, 1.807) is 12.1 Å². The zero-order chi connectivity index (χ0) is 21.3. The van der Waals surface area contributed by atoms with E-state index < -0.39 is 5.97 Å². The van der Waals surface area contributed by atoms with Crippen LogP contribution in [0.15, 0.2) is 53.4 Å². The fourth-order valence-electron chi connectivity index (χ4n) is 3.14. The molecule has 1 aliphatic heterocycles. The van der Waals surface area contributed by atoms with E-state index in [1.165, 1.54) is 11.8 Å². The lowest BCUT2D eigenvalue weighted by Crippen LogP contribution is -2.46. The van der Waals surface area contributed by atoms with Crippen LogP contribution in [0, 0.1) is 0 Å². The van der Waals surface area contributed by atoms with E-state index in [-0.39, 0.29) is 18.3 Å². The number of benzene rings is 2. The number of thioether (sulfide) groups is 1. The Kier molecular flexibility index (Phi) is 8.42. The van der Waals surface area contributed by atoms with Crippen LogP contribution < -0.4 is 10.2 Å². The number of amides is 1. The Hall–Kier alpha value is -2.22. The molecule has 0 bridgehead atoms. The van der Waals surface area contributed by atoms with Crippen LogP contribution in [0.2, 0.25) is 5.02 Å². The summed E-state index contributed by atoms with van der Waals surface area (Å²) < 4.78 is 5.05. The number of likely N-dealkylation sites (N-methyl/N-ethyl adjacent to an activating group) is 1. The third-order valence-electron chi connectivity index (χ3n) is 4.87. The van der Waals surface area contributed by atoms with Gasteiger partial charge in [-0.05, 0) is 55.1 Å². The average molecular weight is 448 g/mol. The van der Waals surface area contributed by atoms with Crippen LogP contribution in [0.4, 0.5) is 11.4 Å². The second-order valence-corrected chi connectivity index (χ2v) is 8.40. The van der Waals surface area contributed by atoms with Gasteiger partial charge in [-0.1, -0.05) is 18.5 Å². The second-order valence-electron chi connectivity index (χ2n) is 6.92. The van der Waals surface area contributed by atoms with E-state index in [2.05, 4.69) is 22.0 Å². The van der Waals surface area contributed by atoms with Gasteiger partial charge in [0.25, 0.3) is 5.91 Å². The predicted octanol–water partition coefficient (Wildman–Crippen LogP) is 3.76. The normalized spacial score (nSPS) is 14.4. The summed E-state index contributed by atoms with van der Waals surface area (Å²) in [6.45, 7) is 7.10. The minimum Gasteiger partial charge on any atom is -0.455 e. The van der Waals surface area contributed by atoms with Gasteiger partial charge in [-0.15, -0.1) is 11.8 Å². The van der Waals surface area contributed by atoms with Gasteiger partial charge in [0, 0.05) is 47.5 Å². The lowest BCUT2D eigenvalue weighted by atomic mass is 10.2. The highest BCUT2D eigenvalue weighted by Gasteiger charge is 2.16. The second kappa shape index (κ2) is 11.2. The van der Waals surface area contributed by atoms with E-state index >= 15 is 0 Å². The van der Waals surface area contributed by atoms with Gasteiger partial charge in [-0.2, -0.15) is 0 Å². The smallest absolute Gasteiger partial charge is 0.316 e. The number of halogens is 1. The van der Waals surface area contributed by atoms with Crippen molar-refractivity contribution in [2.24, 2.45) is 0 Å². The predicted molar refractivity (Wildman–Crippen MR) is 123 cm³/mol. The lowest BCUT2D eigenvalue weighted by Gasteiger charge is -2.35. The van der Waals surface area contributed by atoms with Crippen molar-refractivity contribution in [3.63, 3.8) is 0 Å². The molecule has 0 spiro atoms. The topological polar surface area (TPSA) is 61.9 Å². The summed E-state index contributed by atoms with van der Waals surface area (Å²) in [5, 5.41) is 3.40.